The summed E-state index contributed by atoms with van der Waals surface area (Å²) in [7, 11) is 0. The molecule has 0 spiro atoms. The quantitative estimate of drug-likeness (QED) is 0.575. The SMILES string of the molecule is CCOC(=O)CCCCCNC(=O)c1cccnc1. The van der Waals surface area contributed by atoms with Gasteiger partial charge in [-0.15, -0.1) is 0 Å². The molecule has 0 aromatic carbocycles. The Morgan fingerprint density at radius 3 is 2.84 bits per heavy atom. The van der Waals surface area contributed by atoms with Crippen molar-refractivity contribution in [3.8, 4) is 0 Å². The molecule has 5 nitrogen and oxygen atoms in total. The topological polar surface area (TPSA) is 68.3 Å². The van der Waals surface area contributed by atoms with Gasteiger partial charge in [0.1, 0.15) is 0 Å². The average molecular weight is 264 g/mol. The molecule has 0 atom stereocenters. The molecular formula is C14H20N2O3. The first-order valence-electron chi connectivity index (χ1n) is 6.58. The highest BCUT2D eigenvalue weighted by Crippen LogP contribution is 2.01. The number of ether oxygens (including phenoxy) is 1. The Bertz CT molecular complexity index is 393. The molecule has 5 heteroatoms. The van der Waals surface area contributed by atoms with Crippen molar-refractivity contribution in [3.63, 3.8) is 0 Å². The van der Waals surface area contributed by atoms with Crippen LogP contribution in [0.3, 0.4) is 0 Å². The summed E-state index contributed by atoms with van der Waals surface area (Å²) < 4.78 is 4.83. The maximum absolute atomic E-state index is 11.6. The third kappa shape index (κ3) is 6.55. The Morgan fingerprint density at radius 2 is 2.16 bits per heavy atom. The summed E-state index contributed by atoms with van der Waals surface area (Å²) in [5.74, 6) is -0.264. The number of rotatable bonds is 8. The van der Waals surface area contributed by atoms with Crippen LogP contribution < -0.4 is 5.32 Å². The van der Waals surface area contributed by atoms with Crippen molar-refractivity contribution >= 4 is 11.9 Å². The molecule has 0 fully saturated rings. The van der Waals surface area contributed by atoms with Gasteiger partial charge in [-0.3, -0.25) is 14.6 Å². The van der Waals surface area contributed by atoms with Crippen molar-refractivity contribution in [2.75, 3.05) is 13.2 Å². The van der Waals surface area contributed by atoms with Gasteiger partial charge in [-0.2, -0.15) is 0 Å². The van der Waals surface area contributed by atoms with Crippen LogP contribution in [0, 0.1) is 0 Å². The molecule has 1 heterocycles. The first kappa shape index (κ1) is 15.1. The summed E-state index contributed by atoms with van der Waals surface area (Å²) in [6.07, 6.45) is 6.16. The van der Waals surface area contributed by atoms with Crippen molar-refractivity contribution in [2.24, 2.45) is 0 Å². The van der Waals surface area contributed by atoms with Crippen molar-refractivity contribution < 1.29 is 14.3 Å². The Labute approximate surface area is 113 Å². The van der Waals surface area contributed by atoms with Gasteiger partial charge in [-0.05, 0) is 31.9 Å². The van der Waals surface area contributed by atoms with Crippen LogP contribution in [-0.2, 0) is 9.53 Å². The number of amides is 1. The second kappa shape index (κ2) is 9.08. The van der Waals surface area contributed by atoms with Crippen molar-refractivity contribution in [2.45, 2.75) is 32.6 Å². The van der Waals surface area contributed by atoms with Gasteiger partial charge < -0.3 is 10.1 Å². The average Bonchev–Trinajstić information content (AvgIpc) is 2.43. The standard InChI is InChI=1S/C14H20N2O3/c1-2-19-13(17)8-4-3-5-10-16-14(18)12-7-6-9-15-11-12/h6-7,9,11H,2-5,8,10H2,1H3,(H,16,18). The number of pyridine rings is 1. The molecule has 0 saturated heterocycles. The van der Waals surface area contributed by atoms with Crippen LogP contribution in [-0.4, -0.2) is 30.0 Å². The summed E-state index contributed by atoms with van der Waals surface area (Å²) in [5.41, 5.74) is 0.564. The lowest BCUT2D eigenvalue weighted by Gasteiger charge is -2.05. The van der Waals surface area contributed by atoms with E-state index in [2.05, 4.69) is 10.3 Å². The Morgan fingerprint density at radius 1 is 1.32 bits per heavy atom. The monoisotopic (exact) mass is 264 g/mol. The molecule has 0 bridgehead atoms. The molecule has 0 aliphatic rings. The van der Waals surface area contributed by atoms with Gasteiger partial charge in [-0.25, -0.2) is 0 Å². The van der Waals surface area contributed by atoms with E-state index in [0.717, 1.165) is 19.3 Å². The van der Waals surface area contributed by atoms with Gasteiger partial charge in [-0.1, -0.05) is 6.42 Å². The highest BCUT2D eigenvalue weighted by atomic mass is 16.5. The minimum absolute atomic E-state index is 0.113. The number of nitrogens with zero attached hydrogens (tertiary/aromatic N) is 1. The zero-order valence-electron chi connectivity index (χ0n) is 11.2. The summed E-state index contributed by atoms with van der Waals surface area (Å²) in [4.78, 5) is 26.6. The number of nitrogens with one attached hydrogen (secondary N) is 1. The van der Waals surface area contributed by atoms with Crippen LogP contribution in [0.4, 0.5) is 0 Å². The molecule has 104 valence electrons. The van der Waals surface area contributed by atoms with Gasteiger partial charge in [0.25, 0.3) is 5.91 Å². The Kier molecular flexibility index (Phi) is 7.24. The zero-order chi connectivity index (χ0) is 13.9. The second-order valence-corrected chi connectivity index (χ2v) is 4.11. The lowest BCUT2D eigenvalue weighted by atomic mass is 10.2. The number of esters is 1. The number of aromatic nitrogens is 1. The van der Waals surface area contributed by atoms with E-state index in [1.807, 2.05) is 0 Å². The van der Waals surface area contributed by atoms with Gasteiger partial charge in [0.05, 0.1) is 12.2 Å². The second-order valence-electron chi connectivity index (χ2n) is 4.11. The van der Waals surface area contributed by atoms with E-state index < -0.39 is 0 Å². The summed E-state index contributed by atoms with van der Waals surface area (Å²) in [6.45, 7) is 2.84. The van der Waals surface area contributed by atoms with Gasteiger partial charge >= 0.3 is 5.97 Å². The molecule has 1 aromatic heterocycles. The zero-order valence-corrected chi connectivity index (χ0v) is 11.2. The van der Waals surface area contributed by atoms with E-state index in [-0.39, 0.29) is 11.9 Å². The van der Waals surface area contributed by atoms with Crippen LogP contribution in [0.25, 0.3) is 0 Å². The molecule has 0 radical (unpaired) electrons. The minimum atomic E-state index is -0.151. The third-order valence-electron chi connectivity index (χ3n) is 2.57. The Hall–Kier alpha value is -1.91. The molecule has 19 heavy (non-hydrogen) atoms. The molecule has 0 saturated carbocycles. The van der Waals surface area contributed by atoms with Crippen LogP contribution >= 0.6 is 0 Å². The lowest BCUT2D eigenvalue weighted by Crippen LogP contribution is -2.24. The predicted octanol–water partition coefficient (Wildman–Crippen LogP) is 1.93. The highest BCUT2D eigenvalue weighted by Gasteiger charge is 2.04. The molecule has 0 unspecified atom stereocenters. The van der Waals surface area contributed by atoms with E-state index >= 15 is 0 Å². The largest absolute Gasteiger partial charge is 0.466 e. The summed E-state index contributed by atoms with van der Waals surface area (Å²) >= 11 is 0. The minimum Gasteiger partial charge on any atom is -0.466 e. The van der Waals surface area contributed by atoms with E-state index in [4.69, 9.17) is 4.74 Å². The normalized spacial score (nSPS) is 9.95. The van der Waals surface area contributed by atoms with E-state index in [1.54, 1.807) is 25.3 Å². The number of unbranched alkanes of at least 4 members (excludes halogenated alkanes) is 2. The van der Waals surface area contributed by atoms with Crippen molar-refractivity contribution in [3.05, 3.63) is 30.1 Å². The van der Waals surface area contributed by atoms with Crippen molar-refractivity contribution in [1.82, 2.24) is 10.3 Å². The molecule has 1 aromatic rings. The van der Waals surface area contributed by atoms with Crippen LogP contribution in [0.1, 0.15) is 43.0 Å². The van der Waals surface area contributed by atoms with E-state index in [0.29, 0.717) is 25.1 Å². The smallest absolute Gasteiger partial charge is 0.305 e. The number of carbonyl (C=O) groups is 2. The van der Waals surface area contributed by atoms with Gasteiger partial charge in [0.2, 0.25) is 0 Å². The molecule has 1 amide bonds. The molecule has 1 rings (SSSR count). The molecular weight excluding hydrogens is 244 g/mol. The maximum Gasteiger partial charge on any atom is 0.305 e. The number of carbonyl (C=O) groups excluding carboxylic acids is 2. The fourth-order valence-electron chi connectivity index (χ4n) is 1.61. The highest BCUT2D eigenvalue weighted by molar-refractivity contribution is 5.93. The Balaban J connectivity index is 2.05. The van der Waals surface area contributed by atoms with Crippen molar-refractivity contribution in [1.29, 1.82) is 0 Å². The van der Waals surface area contributed by atoms with Gasteiger partial charge in [0.15, 0.2) is 0 Å². The first-order valence-corrected chi connectivity index (χ1v) is 6.58. The predicted molar refractivity (Wildman–Crippen MR) is 71.7 cm³/mol. The van der Waals surface area contributed by atoms with E-state index in [1.165, 1.54) is 6.20 Å². The fraction of sp³-hybridized carbons (Fsp3) is 0.500. The summed E-state index contributed by atoms with van der Waals surface area (Å²) in [6, 6.07) is 3.46. The fourth-order valence-corrected chi connectivity index (χ4v) is 1.61. The lowest BCUT2D eigenvalue weighted by molar-refractivity contribution is -0.143. The first-order chi connectivity index (χ1) is 9.24. The molecule has 0 aliphatic heterocycles. The number of hydrogen-bond donors (Lipinski definition) is 1. The molecule has 0 aliphatic carbocycles. The van der Waals surface area contributed by atoms with Crippen LogP contribution in [0.15, 0.2) is 24.5 Å². The number of hydrogen-bond acceptors (Lipinski definition) is 4. The molecule has 1 N–H and O–H groups in total. The van der Waals surface area contributed by atoms with E-state index in [9.17, 15) is 9.59 Å². The van der Waals surface area contributed by atoms with Crippen LogP contribution in [0.2, 0.25) is 0 Å². The maximum atomic E-state index is 11.6. The van der Waals surface area contributed by atoms with Gasteiger partial charge in [0, 0.05) is 25.4 Å². The van der Waals surface area contributed by atoms with Crippen LogP contribution in [0.5, 0.6) is 0 Å². The summed E-state index contributed by atoms with van der Waals surface area (Å²) in [5, 5.41) is 2.82. The third-order valence-corrected chi connectivity index (χ3v) is 2.57.